The van der Waals surface area contributed by atoms with Gasteiger partial charge in [0.1, 0.15) is 0 Å². The Labute approximate surface area is 97.3 Å². The summed E-state index contributed by atoms with van der Waals surface area (Å²) < 4.78 is 19.3. The van der Waals surface area contributed by atoms with Crippen molar-refractivity contribution in [2.45, 2.75) is 0 Å². The van der Waals surface area contributed by atoms with E-state index < -0.39 is 14.7 Å². The molecule has 0 saturated carbocycles. The summed E-state index contributed by atoms with van der Waals surface area (Å²) in [6.07, 6.45) is 0. The molecule has 0 bridgehead atoms. The zero-order valence-electron chi connectivity index (χ0n) is 7.23. The molecule has 0 N–H and O–H groups in total. The van der Waals surface area contributed by atoms with Gasteiger partial charge in [0.25, 0.3) is 0 Å². The van der Waals surface area contributed by atoms with Crippen molar-refractivity contribution in [3.63, 3.8) is 0 Å². The minimum atomic E-state index is -2.89. The summed E-state index contributed by atoms with van der Waals surface area (Å²) in [4.78, 5) is 19.3. The van der Waals surface area contributed by atoms with Crippen molar-refractivity contribution in [2.75, 3.05) is 26.7 Å². The standard InChI is InChI=1S/2C2H7O2P.Ca/c2*1-5(2,3)4;/h2*1-2H3,(H,3,4);/q;;+2/p-2. The van der Waals surface area contributed by atoms with Crippen molar-refractivity contribution in [1.29, 1.82) is 0 Å². The molecule has 64 valence electrons. The molecule has 0 aliphatic rings. The van der Waals surface area contributed by atoms with Crippen LogP contribution in [0.1, 0.15) is 0 Å². The van der Waals surface area contributed by atoms with E-state index in [2.05, 4.69) is 0 Å². The molecule has 0 fully saturated rings. The van der Waals surface area contributed by atoms with Gasteiger partial charge in [-0.25, -0.2) is 0 Å². The van der Waals surface area contributed by atoms with Crippen LogP contribution in [-0.4, -0.2) is 64.4 Å². The first-order valence-electron chi connectivity index (χ1n) is 2.52. The largest absolute Gasteiger partial charge is 2.00 e. The van der Waals surface area contributed by atoms with Gasteiger partial charge in [0.05, 0.1) is 0 Å². The normalized spacial score (nSPS) is 10.7. The molecule has 7 heteroatoms. The molecule has 4 nitrogen and oxygen atoms in total. The summed E-state index contributed by atoms with van der Waals surface area (Å²) in [5, 5.41) is 0. The maximum absolute atomic E-state index is 9.66. The molecule has 0 amide bonds. The van der Waals surface area contributed by atoms with Crippen molar-refractivity contribution < 1.29 is 18.9 Å². The molecule has 0 aromatic heterocycles. The smallest absolute Gasteiger partial charge is 0.800 e. The summed E-state index contributed by atoms with van der Waals surface area (Å²) in [7, 11) is -5.78. The van der Waals surface area contributed by atoms with Crippen LogP contribution >= 0.6 is 14.7 Å². The molecular weight excluding hydrogens is 214 g/mol. The predicted molar refractivity (Wildman–Crippen MR) is 44.7 cm³/mol. The van der Waals surface area contributed by atoms with Gasteiger partial charge < -0.3 is 18.9 Å². The third kappa shape index (κ3) is 402. The van der Waals surface area contributed by atoms with E-state index >= 15 is 0 Å². The van der Waals surface area contributed by atoms with Gasteiger partial charge in [-0.2, -0.15) is 0 Å². The van der Waals surface area contributed by atoms with Gasteiger partial charge in [-0.1, -0.05) is 0 Å². The third-order valence-electron chi connectivity index (χ3n) is 0. The van der Waals surface area contributed by atoms with Crippen molar-refractivity contribution in [2.24, 2.45) is 0 Å². The summed E-state index contributed by atoms with van der Waals surface area (Å²) in [6.45, 7) is 4.75. The zero-order valence-corrected chi connectivity index (χ0v) is 11.2. The van der Waals surface area contributed by atoms with Gasteiger partial charge in [0, 0.05) is 14.7 Å². The van der Waals surface area contributed by atoms with E-state index in [1.165, 1.54) is 26.7 Å². The van der Waals surface area contributed by atoms with Gasteiger partial charge in [-0.15, -0.1) is 0 Å². The molecule has 0 aromatic carbocycles. The molecular formula is C4H12CaO4P2. The quantitative estimate of drug-likeness (QED) is 0.407. The molecule has 0 radical (unpaired) electrons. The molecule has 0 rings (SSSR count). The molecule has 0 saturated heterocycles. The Morgan fingerprint density at radius 2 is 0.818 bits per heavy atom. The molecule has 0 unspecified atom stereocenters. The van der Waals surface area contributed by atoms with Gasteiger partial charge >= 0.3 is 37.7 Å². The van der Waals surface area contributed by atoms with Crippen LogP contribution < -0.4 is 9.79 Å². The van der Waals surface area contributed by atoms with Gasteiger partial charge in [-0.05, 0) is 26.7 Å². The fourth-order valence-corrected chi connectivity index (χ4v) is 0. The van der Waals surface area contributed by atoms with Crippen LogP contribution in [0.15, 0.2) is 0 Å². The summed E-state index contributed by atoms with van der Waals surface area (Å²) in [5.74, 6) is 0. The van der Waals surface area contributed by atoms with E-state index in [-0.39, 0.29) is 37.7 Å². The Balaban J connectivity index is -0.000000107. The average molecular weight is 226 g/mol. The van der Waals surface area contributed by atoms with Crippen LogP contribution in [0.2, 0.25) is 0 Å². The van der Waals surface area contributed by atoms with Gasteiger partial charge in [0.2, 0.25) is 0 Å². The van der Waals surface area contributed by atoms with E-state index in [1.54, 1.807) is 0 Å². The fourth-order valence-electron chi connectivity index (χ4n) is 0. The second-order valence-electron chi connectivity index (χ2n) is 2.50. The predicted octanol–water partition coefficient (Wildman–Crippen LogP) is -0.612. The molecule has 0 atom stereocenters. The molecule has 0 heterocycles. The second kappa shape index (κ2) is 7.08. The first kappa shape index (κ1) is 18.4. The van der Waals surface area contributed by atoms with Crippen LogP contribution in [-0.2, 0) is 9.13 Å². The van der Waals surface area contributed by atoms with Crippen molar-refractivity contribution >= 4 is 52.5 Å². The van der Waals surface area contributed by atoms with E-state index in [1.807, 2.05) is 0 Å². The van der Waals surface area contributed by atoms with E-state index in [0.717, 1.165) is 0 Å². The minimum absolute atomic E-state index is 0. The van der Waals surface area contributed by atoms with Crippen LogP contribution in [0.4, 0.5) is 0 Å². The van der Waals surface area contributed by atoms with Crippen LogP contribution in [0.5, 0.6) is 0 Å². The van der Waals surface area contributed by atoms with E-state index in [4.69, 9.17) is 0 Å². The van der Waals surface area contributed by atoms with E-state index in [9.17, 15) is 18.9 Å². The Hall–Kier alpha value is 1.64. The van der Waals surface area contributed by atoms with Gasteiger partial charge in [-0.3, -0.25) is 0 Å². The van der Waals surface area contributed by atoms with Crippen LogP contribution in [0.25, 0.3) is 0 Å². The molecule has 0 aromatic rings. The molecule has 0 aliphatic heterocycles. The number of hydrogen-bond donors (Lipinski definition) is 0. The van der Waals surface area contributed by atoms with Crippen molar-refractivity contribution in [3.8, 4) is 0 Å². The van der Waals surface area contributed by atoms with Gasteiger partial charge in [0.15, 0.2) is 0 Å². The summed E-state index contributed by atoms with van der Waals surface area (Å²) in [6, 6.07) is 0. The molecule has 0 spiro atoms. The van der Waals surface area contributed by atoms with E-state index in [0.29, 0.717) is 0 Å². The van der Waals surface area contributed by atoms with Crippen molar-refractivity contribution in [1.82, 2.24) is 0 Å². The molecule has 0 aliphatic carbocycles. The van der Waals surface area contributed by atoms with Crippen LogP contribution in [0.3, 0.4) is 0 Å². The first-order chi connectivity index (χ1) is 4.00. The van der Waals surface area contributed by atoms with Crippen molar-refractivity contribution in [3.05, 3.63) is 0 Å². The van der Waals surface area contributed by atoms with Crippen LogP contribution in [0, 0.1) is 0 Å². The minimum Gasteiger partial charge on any atom is -0.800 e. The Morgan fingerprint density at radius 1 is 0.818 bits per heavy atom. The summed E-state index contributed by atoms with van der Waals surface area (Å²) >= 11 is 0. The first-order valence-corrected chi connectivity index (χ1v) is 7.56. The zero-order chi connectivity index (χ0) is 9.00. The maximum Gasteiger partial charge on any atom is 2.00 e. The Bertz CT molecular complexity index is 132. The second-order valence-corrected chi connectivity index (χ2v) is 7.51. The number of rotatable bonds is 0. The Morgan fingerprint density at radius 3 is 0.818 bits per heavy atom. The average Bonchev–Trinajstić information content (AvgIpc) is 1.12. The SMILES string of the molecule is CP(C)(=O)[O-].CP(C)(=O)[O-].[Ca+2]. The monoisotopic (exact) mass is 226 g/mol. The number of hydrogen-bond acceptors (Lipinski definition) is 4. The Kier molecular flexibility index (Phi) is 11.9. The molecule has 11 heavy (non-hydrogen) atoms. The maximum atomic E-state index is 9.66. The fraction of sp³-hybridized carbons (Fsp3) is 1.00. The topological polar surface area (TPSA) is 80.3 Å². The summed E-state index contributed by atoms with van der Waals surface area (Å²) in [5.41, 5.74) is 0. The third-order valence-corrected chi connectivity index (χ3v) is 0.